The summed E-state index contributed by atoms with van der Waals surface area (Å²) in [5.41, 5.74) is 1.71. The number of benzene rings is 1. The zero-order chi connectivity index (χ0) is 15.9. The first-order valence-corrected chi connectivity index (χ1v) is 9.20. The minimum Gasteiger partial charge on any atom is -0.347 e. The minimum absolute atomic E-state index is 0.0582. The van der Waals surface area contributed by atoms with E-state index in [0.29, 0.717) is 4.90 Å². The van der Waals surface area contributed by atoms with E-state index in [-0.39, 0.29) is 12.1 Å². The number of hydrogen-bond donors (Lipinski definition) is 2. The maximum atomic E-state index is 12.9. The lowest BCUT2D eigenvalue weighted by Gasteiger charge is -2.30. The molecule has 0 radical (unpaired) electrons. The van der Waals surface area contributed by atoms with Crippen LogP contribution in [0.15, 0.2) is 29.2 Å². The van der Waals surface area contributed by atoms with Crippen molar-refractivity contribution in [3.8, 4) is 0 Å². The number of hydrogen-bond acceptors (Lipinski definition) is 3. The molecule has 2 atom stereocenters. The highest BCUT2D eigenvalue weighted by atomic mass is 32.2. The second-order valence-corrected chi connectivity index (χ2v) is 7.75. The van der Waals surface area contributed by atoms with Gasteiger partial charge in [0, 0.05) is 35.7 Å². The van der Waals surface area contributed by atoms with Crippen LogP contribution in [0.2, 0.25) is 0 Å². The number of piperidine rings is 1. The fourth-order valence-electron chi connectivity index (χ4n) is 3.29. The van der Waals surface area contributed by atoms with Crippen molar-refractivity contribution in [2.45, 2.75) is 43.7 Å². The monoisotopic (exact) mass is 321 g/mol. The largest absolute Gasteiger partial charge is 0.347 e. The van der Waals surface area contributed by atoms with Crippen molar-refractivity contribution < 1.29 is 8.42 Å². The molecule has 2 N–H and O–H groups in total. The summed E-state index contributed by atoms with van der Waals surface area (Å²) in [6.45, 7) is 4.84. The molecule has 0 bridgehead atoms. The molecule has 0 aliphatic carbocycles. The molecular weight excluding hydrogens is 298 g/mol. The quantitative estimate of drug-likeness (QED) is 0.908. The maximum absolute atomic E-state index is 12.9. The highest BCUT2D eigenvalue weighted by Crippen LogP contribution is 2.29. The van der Waals surface area contributed by atoms with E-state index in [1.54, 1.807) is 0 Å². The summed E-state index contributed by atoms with van der Waals surface area (Å²) in [7, 11) is -1.64. The van der Waals surface area contributed by atoms with Gasteiger partial charge >= 0.3 is 0 Å². The average molecular weight is 321 g/mol. The zero-order valence-electron chi connectivity index (χ0n) is 13.3. The van der Waals surface area contributed by atoms with E-state index in [1.807, 2.05) is 49.7 Å². The van der Waals surface area contributed by atoms with Crippen molar-refractivity contribution >= 4 is 20.9 Å². The van der Waals surface area contributed by atoms with Crippen LogP contribution < -0.4 is 10.0 Å². The average Bonchev–Trinajstić information content (AvgIpc) is 2.74. The molecule has 3 rings (SSSR count). The van der Waals surface area contributed by atoms with E-state index in [2.05, 4.69) is 10.0 Å². The summed E-state index contributed by atoms with van der Waals surface area (Å²) in [6.07, 6.45) is 1.86. The Morgan fingerprint density at radius 2 is 2.05 bits per heavy atom. The Hall–Kier alpha value is -1.37. The summed E-state index contributed by atoms with van der Waals surface area (Å²) < 4.78 is 30.7. The number of para-hydroxylation sites is 1. The van der Waals surface area contributed by atoms with Crippen molar-refractivity contribution in [3.63, 3.8) is 0 Å². The first kappa shape index (κ1) is 15.5. The Morgan fingerprint density at radius 1 is 1.32 bits per heavy atom. The second kappa shape index (κ2) is 5.68. The SMILES string of the molecule is Cc1c(S(=O)(=O)NC2CCCNC2C)c2ccccc2n1C. The number of sulfonamides is 1. The molecule has 5 nitrogen and oxygen atoms in total. The van der Waals surface area contributed by atoms with Gasteiger partial charge in [0.1, 0.15) is 4.90 Å². The first-order chi connectivity index (χ1) is 10.4. The fraction of sp³-hybridized carbons (Fsp3) is 0.500. The van der Waals surface area contributed by atoms with Gasteiger partial charge in [0.15, 0.2) is 0 Å². The molecule has 2 aromatic rings. The maximum Gasteiger partial charge on any atom is 0.243 e. The Balaban J connectivity index is 2.04. The van der Waals surface area contributed by atoms with Crippen LogP contribution in [-0.2, 0) is 17.1 Å². The van der Waals surface area contributed by atoms with E-state index in [0.717, 1.165) is 36.0 Å². The van der Waals surface area contributed by atoms with Crippen molar-refractivity contribution in [2.75, 3.05) is 6.54 Å². The highest BCUT2D eigenvalue weighted by molar-refractivity contribution is 7.89. The molecule has 1 aliphatic heterocycles. The second-order valence-electron chi connectivity index (χ2n) is 6.10. The Morgan fingerprint density at radius 3 is 2.77 bits per heavy atom. The molecule has 0 spiro atoms. The fourth-order valence-corrected chi connectivity index (χ4v) is 5.11. The number of aromatic nitrogens is 1. The smallest absolute Gasteiger partial charge is 0.243 e. The topological polar surface area (TPSA) is 63.1 Å². The molecule has 1 aromatic heterocycles. The molecule has 0 amide bonds. The molecule has 6 heteroatoms. The van der Waals surface area contributed by atoms with E-state index < -0.39 is 10.0 Å². The number of nitrogens with zero attached hydrogens (tertiary/aromatic N) is 1. The first-order valence-electron chi connectivity index (χ1n) is 7.71. The lowest BCUT2D eigenvalue weighted by molar-refractivity contribution is 0.349. The van der Waals surface area contributed by atoms with Crippen molar-refractivity contribution in [3.05, 3.63) is 30.0 Å². The Labute approximate surface area is 131 Å². The van der Waals surface area contributed by atoms with E-state index in [4.69, 9.17) is 0 Å². The van der Waals surface area contributed by atoms with E-state index in [9.17, 15) is 8.42 Å². The molecule has 2 unspecified atom stereocenters. The molecule has 1 fully saturated rings. The number of rotatable bonds is 3. The van der Waals surface area contributed by atoms with Gasteiger partial charge in [-0.05, 0) is 39.3 Å². The molecule has 2 heterocycles. The minimum atomic E-state index is -3.54. The highest BCUT2D eigenvalue weighted by Gasteiger charge is 2.30. The van der Waals surface area contributed by atoms with Crippen LogP contribution in [0.1, 0.15) is 25.5 Å². The predicted octanol–water partition coefficient (Wildman–Crippen LogP) is 1.91. The van der Waals surface area contributed by atoms with Crippen molar-refractivity contribution in [1.82, 2.24) is 14.6 Å². The molecule has 1 aromatic carbocycles. The summed E-state index contributed by atoms with van der Waals surface area (Å²) in [5, 5.41) is 4.11. The van der Waals surface area contributed by atoms with Crippen LogP contribution in [0, 0.1) is 6.92 Å². The summed E-state index contributed by atoms with van der Waals surface area (Å²) in [6, 6.07) is 7.73. The lowest BCUT2D eigenvalue weighted by atomic mass is 10.0. The number of aryl methyl sites for hydroxylation is 1. The van der Waals surface area contributed by atoms with Gasteiger partial charge in [-0.3, -0.25) is 0 Å². The van der Waals surface area contributed by atoms with Crippen LogP contribution in [0.3, 0.4) is 0 Å². The van der Waals surface area contributed by atoms with Crippen molar-refractivity contribution in [1.29, 1.82) is 0 Å². The van der Waals surface area contributed by atoms with Gasteiger partial charge in [0.25, 0.3) is 0 Å². The molecule has 22 heavy (non-hydrogen) atoms. The molecule has 120 valence electrons. The Kier molecular flexibility index (Phi) is 4.01. The predicted molar refractivity (Wildman–Crippen MR) is 88.5 cm³/mol. The van der Waals surface area contributed by atoms with Crippen LogP contribution in [-0.4, -0.2) is 31.6 Å². The molecule has 0 saturated carbocycles. The van der Waals surface area contributed by atoms with Gasteiger partial charge in [-0.1, -0.05) is 18.2 Å². The van der Waals surface area contributed by atoms with Gasteiger partial charge in [0.2, 0.25) is 10.0 Å². The van der Waals surface area contributed by atoms with Crippen LogP contribution in [0.5, 0.6) is 0 Å². The Bertz CT molecular complexity index is 795. The summed E-state index contributed by atoms with van der Waals surface area (Å²) >= 11 is 0. The van der Waals surface area contributed by atoms with Crippen LogP contribution >= 0.6 is 0 Å². The normalized spacial score (nSPS) is 23.0. The summed E-state index contributed by atoms with van der Waals surface area (Å²) in [4.78, 5) is 0.406. The molecule has 1 aliphatic rings. The lowest BCUT2D eigenvalue weighted by Crippen LogP contribution is -2.51. The van der Waals surface area contributed by atoms with E-state index in [1.165, 1.54) is 0 Å². The third-order valence-corrected chi connectivity index (χ3v) is 6.34. The van der Waals surface area contributed by atoms with Gasteiger partial charge in [-0.25, -0.2) is 13.1 Å². The zero-order valence-corrected chi connectivity index (χ0v) is 14.1. The molecule has 1 saturated heterocycles. The van der Waals surface area contributed by atoms with Crippen LogP contribution in [0.25, 0.3) is 10.9 Å². The van der Waals surface area contributed by atoms with Crippen LogP contribution in [0.4, 0.5) is 0 Å². The molecular formula is C16H23N3O2S. The number of fused-ring (bicyclic) bond motifs is 1. The van der Waals surface area contributed by atoms with Gasteiger partial charge in [-0.15, -0.1) is 0 Å². The number of nitrogens with one attached hydrogen (secondary N) is 2. The van der Waals surface area contributed by atoms with Gasteiger partial charge < -0.3 is 9.88 Å². The third-order valence-electron chi connectivity index (χ3n) is 4.68. The van der Waals surface area contributed by atoms with Crippen molar-refractivity contribution in [2.24, 2.45) is 7.05 Å². The van der Waals surface area contributed by atoms with Gasteiger partial charge in [-0.2, -0.15) is 0 Å². The third kappa shape index (κ3) is 2.55. The van der Waals surface area contributed by atoms with Gasteiger partial charge in [0.05, 0.1) is 0 Å². The summed E-state index contributed by atoms with van der Waals surface area (Å²) in [5.74, 6) is 0. The standard InChI is InChI=1S/C16H23N3O2S/c1-11-14(8-6-10-17-11)18-22(20,21)16-12(2)19(3)15-9-5-4-7-13(15)16/h4-5,7,9,11,14,17-18H,6,8,10H2,1-3H3. The van der Waals surface area contributed by atoms with E-state index >= 15 is 0 Å².